The minimum absolute atomic E-state index is 0.103. The number of nitrogens with zero attached hydrogens (tertiary/aromatic N) is 1. The van der Waals surface area contributed by atoms with E-state index in [1.165, 1.54) is 29.3 Å². The minimum Gasteiger partial charge on any atom is -0.489 e. The SMILES string of the molecule is N#Cc1ccc(F)c(COc2ccc3c(c2)CC[C@H]3N)c1. The molecule has 2 aromatic carbocycles. The van der Waals surface area contributed by atoms with Crippen molar-refractivity contribution in [2.24, 2.45) is 5.73 Å². The largest absolute Gasteiger partial charge is 0.489 e. The van der Waals surface area contributed by atoms with Crippen LogP contribution >= 0.6 is 0 Å². The van der Waals surface area contributed by atoms with E-state index in [1.54, 1.807) is 0 Å². The Kier molecular flexibility index (Phi) is 3.59. The van der Waals surface area contributed by atoms with Crippen molar-refractivity contribution in [2.75, 3.05) is 0 Å². The lowest BCUT2D eigenvalue weighted by Gasteiger charge is -2.10. The zero-order chi connectivity index (χ0) is 14.8. The van der Waals surface area contributed by atoms with Gasteiger partial charge in [-0.15, -0.1) is 0 Å². The van der Waals surface area contributed by atoms with Gasteiger partial charge in [0.25, 0.3) is 0 Å². The monoisotopic (exact) mass is 282 g/mol. The molecule has 0 radical (unpaired) electrons. The van der Waals surface area contributed by atoms with Gasteiger partial charge in [0.15, 0.2) is 0 Å². The van der Waals surface area contributed by atoms with Gasteiger partial charge < -0.3 is 10.5 Å². The predicted molar refractivity (Wildman–Crippen MR) is 77.1 cm³/mol. The van der Waals surface area contributed by atoms with Crippen LogP contribution in [-0.2, 0) is 13.0 Å². The number of fused-ring (bicyclic) bond motifs is 1. The van der Waals surface area contributed by atoms with Crippen molar-refractivity contribution in [2.45, 2.75) is 25.5 Å². The summed E-state index contributed by atoms with van der Waals surface area (Å²) in [6, 6.07) is 12.2. The van der Waals surface area contributed by atoms with Crippen molar-refractivity contribution in [3.8, 4) is 11.8 Å². The van der Waals surface area contributed by atoms with Crippen molar-refractivity contribution in [1.82, 2.24) is 0 Å². The average molecular weight is 282 g/mol. The van der Waals surface area contributed by atoms with Gasteiger partial charge in [0.2, 0.25) is 0 Å². The Morgan fingerprint density at radius 1 is 1.29 bits per heavy atom. The Morgan fingerprint density at radius 2 is 2.14 bits per heavy atom. The van der Waals surface area contributed by atoms with E-state index in [-0.39, 0.29) is 18.5 Å². The summed E-state index contributed by atoms with van der Waals surface area (Å²) in [5.41, 5.74) is 9.17. The summed E-state index contributed by atoms with van der Waals surface area (Å²) in [7, 11) is 0. The summed E-state index contributed by atoms with van der Waals surface area (Å²) < 4.78 is 19.3. The molecule has 0 amide bonds. The van der Waals surface area contributed by atoms with E-state index in [2.05, 4.69) is 0 Å². The van der Waals surface area contributed by atoms with Crippen LogP contribution in [0.5, 0.6) is 5.75 Å². The van der Waals surface area contributed by atoms with E-state index in [4.69, 9.17) is 15.7 Å². The molecule has 2 aromatic rings. The fourth-order valence-corrected chi connectivity index (χ4v) is 2.63. The molecule has 2 N–H and O–H groups in total. The van der Waals surface area contributed by atoms with Crippen LogP contribution in [-0.4, -0.2) is 0 Å². The molecule has 0 aliphatic heterocycles. The van der Waals surface area contributed by atoms with Gasteiger partial charge in [-0.1, -0.05) is 6.07 Å². The third-order valence-electron chi connectivity index (χ3n) is 3.81. The normalized spacial score (nSPS) is 16.3. The lowest BCUT2D eigenvalue weighted by atomic mass is 10.1. The number of nitriles is 1. The average Bonchev–Trinajstić information content (AvgIpc) is 2.87. The van der Waals surface area contributed by atoms with Crippen molar-refractivity contribution in [3.05, 3.63) is 64.5 Å². The first-order chi connectivity index (χ1) is 10.2. The van der Waals surface area contributed by atoms with E-state index >= 15 is 0 Å². The molecule has 0 spiro atoms. The second kappa shape index (κ2) is 5.55. The van der Waals surface area contributed by atoms with Crippen molar-refractivity contribution >= 4 is 0 Å². The van der Waals surface area contributed by atoms with Crippen molar-refractivity contribution in [1.29, 1.82) is 5.26 Å². The van der Waals surface area contributed by atoms with Crippen LogP contribution in [0.2, 0.25) is 0 Å². The Morgan fingerprint density at radius 3 is 2.95 bits per heavy atom. The molecule has 0 bridgehead atoms. The first-order valence-corrected chi connectivity index (χ1v) is 6.87. The Labute approximate surface area is 122 Å². The lowest BCUT2D eigenvalue weighted by molar-refractivity contribution is 0.299. The zero-order valence-electron chi connectivity index (χ0n) is 11.5. The standard InChI is InChI=1S/C17H15FN2O/c18-16-5-1-11(9-19)7-13(16)10-21-14-3-4-15-12(8-14)2-6-17(15)20/h1,3-5,7-8,17H,2,6,10,20H2/t17-/m1/s1. The number of halogens is 1. The fraction of sp³-hybridized carbons (Fsp3) is 0.235. The first kappa shape index (κ1) is 13.6. The molecule has 0 aromatic heterocycles. The maximum Gasteiger partial charge on any atom is 0.129 e. The minimum atomic E-state index is -0.364. The van der Waals surface area contributed by atoms with Crippen molar-refractivity contribution < 1.29 is 9.13 Å². The van der Waals surface area contributed by atoms with Gasteiger partial charge in [0, 0.05) is 11.6 Å². The van der Waals surface area contributed by atoms with Crippen molar-refractivity contribution in [3.63, 3.8) is 0 Å². The van der Waals surface area contributed by atoms with Crippen LogP contribution < -0.4 is 10.5 Å². The van der Waals surface area contributed by atoms with Gasteiger partial charge in [-0.05, 0) is 54.3 Å². The number of benzene rings is 2. The predicted octanol–water partition coefficient (Wildman–Crippen LogP) is 3.22. The van der Waals surface area contributed by atoms with E-state index in [1.807, 2.05) is 24.3 Å². The molecule has 3 rings (SSSR count). The molecule has 3 nitrogen and oxygen atoms in total. The van der Waals surface area contributed by atoms with Gasteiger partial charge in [-0.25, -0.2) is 4.39 Å². The van der Waals surface area contributed by atoms with E-state index in [0.29, 0.717) is 16.9 Å². The first-order valence-electron chi connectivity index (χ1n) is 6.87. The van der Waals surface area contributed by atoms with Gasteiger partial charge in [-0.2, -0.15) is 5.26 Å². The number of hydrogen-bond acceptors (Lipinski definition) is 3. The molecule has 106 valence electrons. The Balaban J connectivity index is 1.75. The molecule has 0 saturated heterocycles. The Hall–Kier alpha value is -2.38. The topological polar surface area (TPSA) is 59.0 Å². The Bertz CT molecular complexity index is 721. The summed E-state index contributed by atoms with van der Waals surface area (Å²) >= 11 is 0. The van der Waals surface area contributed by atoms with Crippen LogP contribution in [0.4, 0.5) is 4.39 Å². The molecular weight excluding hydrogens is 267 g/mol. The molecule has 0 fully saturated rings. The summed E-state index contributed by atoms with van der Waals surface area (Å²) in [4.78, 5) is 0. The highest BCUT2D eigenvalue weighted by Gasteiger charge is 2.19. The molecule has 0 unspecified atom stereocenters. The maximum atomic E-state index is 13.7. The smallest absolute Gasteiger partial charge is 0.129 e. The number of rotatable bonds is 3. The second-order valence-electron chi connectivity index (χ2n) is 5.21. The van der Waals surface area contributed by atoms with Gasteiger partial charge in [0.05, 0.1) is 11.6 Å². The van der Waals surface area contributed by atoms with Gasteiger partial charge in [-0.3, -0.25) is 0 Å². The highest BCUT2D eigenvalue weighted by atomic mass is 19.1. The summed E-state index contributed by atoms with van der Waals surface area (Å²) in [5, 5.41) is 8.84. The highest BCUT2D eigenvalue weighted by Crippen LogP contribution is 2.32. The molecule has 0 saturated carbocycles. The summed E-state index contributed by atoms with van der Waals surface area (Å²) in [6.07, 6.45) is 1.91. The van der Waals surface area contributed by atoms with E-state index < -0.39 is 0 Å². The van der Waals surface area contributed by atoms with Crippen LogP contribution in [0.1, 0.15) is 34.7 Å². The van der Waals surface area contributed by atoms with E-state index in [9.17, 15) is 4.39 Å². The molecular formula is C17H15FN2O. The molecule has 21 heavy (non-hydrogen) atoms. The van der Waals surface area contributed by atoms with Crippen LogP contribution in [0.25, 0.3) is 0 Å². The molecule has 0 heterocycles. The number of nitrogens with two attached hydrogens (primary N) is 1. The number of hydrogen-bond donors (Lipinski definition) is 1. The van der Waals surface area contributed by atoms with E-state index in [0.717, 1.165) is 12.8 Å². The molecule has 1 aliphatic rings. The van der Waals surface area contributed by atoms with Gasteiger partial charge >= 0.3 is 0 Å². The zero-order valence-corrected chi connectivity index (χ0v) is 11.5. The lowest BCUT2D eigenvalue weighted by Crippen LogP contribution is -2.05. The molecule has 4 heteroatoms. The fourth-order valence-electron chi connectivity index (χ4n) is 2.63. The third-order valence-corrected chi connectivity index (χ3v) is 3.81. The highest BCUT2D eigenvalue weighted by molar-refractivity contribution is 5.40. The quantitative estimate of drug-likeness (QED) is 0.940. The van der Waals surface area contributed by atoms with Gasteiger partial charge in [0.1, 0.15) is 18.2 Å². The second-order valence-corrected chi connectivity index (χ2v) is 5.21. The number of ether oxygens (including phenoxy) is 1. The van der Waals surface area contributed by atoms with Crippen LogP contribution in [0.15, 0.2) is 36.4 Å². The molecule has 1 aliphatic carbocycles. The number of aryl methyl sites for hydroxylation is 1. The van der Waals surface area contributed by atoms with Crippen LogP contribution in [0, 0.1) is 17.1 Å². The summed E-state index contributed by atoms with van der Waals surface area (Å²) in [5.74, 6) is 0.335. The molecule has 1 atom stereocenters. The summed E-state index contributed by atoms with van der Waals surface area (Å²) in [6.45, 7) is 0.103. The van der Waals surface area contributed by atoms with Crippen LogP contribution in [0.3, 0.4) is 0 Å². The maximum absolute atomic E-state index is 13.7. The third kappa shape index (κ3) is 2.74.